The minimum Gasteiger partial charge on any atom is -0.392 e. The molecule has 1 aliphatic carbocycles. The summed E-state index contributed by atoms with van der Waals surface area (Å²) in [5.74, 6) is -0.820. The fourth-order valence-corrected chi connectivity index (χ4v) is 2.59. The molecule has 0 saturated heterocycles. The summed E-state index contributed by atoms with van der Waals surface area (Å²) in [5, 5.41) is 19.6. The topological polar surface area (TPSA) is 74.6 Å². The molecule has 0 aliphatic heterocycles. The average molecular weight is 268 g/mol. The van der Waals surface area contributed by atoms with Crippen LogP contribution in [-0.4, -0.2) is 34.5 Å². The molecule has 1 saturated carbocycles. The highest BCUT2D eigenvalue weighted by Crippen LogP contribution is 2.32. The largest absolute Gasteiger partial charge is 0.392 e. The number of rotatable bonds is 8. The summed E-state index contributed by atoms with van der Waals surface area (Å²) in [6.07, 6.45) is 6.93. The first-order chi connectivity index (χ1) is 9.10. The second-order valence-corrected chi connectivity index (χ2v) is 5.27. The van der Waals surface area contributed by atoms with Gasteiger partial charge in [0, 0.05) is 24.7 Å². The van der Waals surface area contributed by atoms with Gasteiger partial charge in [-0.1, -0.05) is 38.3 Å². The minimum atomic E-state index is -0.725. The molecule has 0 amide bonds. The number of aliphatic hydroxyl groups is 2. The smallest absolute Gasteiger partial charge is 0.139 e. The summed E-state index contributed by atoms with van der Waals surface area (Å²) in [5.41, 5.74) is 0. The number of carbonyl (C=O) groups excluding carboxylic acids is 2. The minimum absolute atomic E-state index is 0.0604. The number of carbonyl (C=O) groups is 2. The van der Waals surface area contributed by atoms with Crippen molar-refractivity contribution in [1.82, 2.24) is 0 Å². The van der Waals surface area contributed by atoms with Gasteiger partial charge < -0.3 is 15.0 Å². The standard InChI is InChI=1S/C15H24O4/c1-2-3-4-5-11(17)6-7-12-13(8-9-16)15(19)10-14(12)18/h6-7,9,11-14,17-18H,2-5,8,10H2,1H3/t11-,12+,13+,14+/m0/s1. The Morgan fingerprint density at radius 2 is 2.16 bits per heavy atom. The van der Waals surface area contributed by atoms with E-state index in [1.165, 1.54) is 0 Å². The molecule has 0 aromatic heterocycles. The van der Waals surface area contributed by atoms with Crippen molar-refractivity contribution in [3.63, 3.8) is 0 Å². The Labute approximate surface area is 114 Å². The molecule has 4 nitrogen and oxygen atoms in total. The molecule has 0 aromatic rings. The van der Waals surface area contributed by atoms with Crippen LogP contribution in [0.3, 0.4) is 0 Å². The molecule has 2 N–H and O–H groups in total. The van der Waals surface area contributed by atoms with Crippen LogP contribution in [0.2, 0.25) is 0 Å². The maximum absolute atomic E-state index is 11.6. The third-order valence-electron chi connectivity index (χ3n) is 3.74. The van der Waals surface area contributed by atoms with Crippen molar-refractivity contribution >= 4 is 12.1 Å². The van der Waals surface area contributed by atoms with Crippen LogP contribution in [0.5, 0.6) is 0 Å². The van der Waals surface area contributed by atoms with Crippen molar-refractivity contribution in [3.05, 3.63) is 12.2 Å². The predicted molar refractivity (Wildman–Crippen MR) is 72.6 cm³/mol. The van der Waals surface area contributed by atoms with E-state index in [1.807, 2.05) is 0 Å². The first-order valence-corrected chi connectivity index (χ1v) is 7.11. The predicted octanol–water partition coefficient (Wildman–Crippen LogP) is 1.64. The zero-order valence-corrected chi connectivity index (χ0v) is 11.5. The summed E-state index contributed by atoms with van der Waals surface area (Å²) in [7, 11) is 0. The maximum Gasteiger partial charge on any atom is 0.139 e. The summed E-state index contributed by atoms with van der Waals surface area (Å²) in [4.78, 5) is 22.2. The molecule has 0 aromatic carbocycles. The Kier molecular flexibility index (Phi) is 6.95. The Hall–Kier alpha value is -1.00. The molecule has 108 valence electrons. The Balaban J connectivity index is 2.52. The van der Waals surface area contributed by atoms with Crippen LogP contribution in [0.15, 0.2) is 12.2 Å². The lowest BCUT2D eigenvalue weighted by atomic mass is 9.91. The molecule has 0 radical (unpaired) electrons. The Morgan fingerprint density at radius 3 is 2.79 bits per heavy atom. The van der Waals surface area contributed by atoms with Gasteiger partial charge in [-0.05, 0) is 6.42 Å². The van der Waals surface area contributed by atoms with Gasteiger partial charge in [-0.3, -0.25) is 4.79 Å². The number of Topliss-reactive ketones (excluding diaryl/α,β-unsaturated/α-hetero) is 1. The van der Waals surface area contributed by atoms with Gasteiger partial charge in [0.25, 0.3) is 0 Å². The molecule has 1 rings (SSSR count). The first-order valence-electron chi connectivity index (χ1n) is 7.11. The quantitative estimate of drug-likeness (QED) is 0.399. The van der Waals surface area contributed by atoms with Gasteiger partial charge in [-0.25, -0.2) is 0 Å². The molecule has 0 heterocycles. The van der Waals surface area contributed by atoms with Crippen molar-refractivity contribution in [2.24, 2.45) is 11.8 Å². The molecule has 4 heteroatoms. The van der Waals surface area contributed by atoms with Crippen molar-refractivity contribution in [2.45, 2.75) is 57.7 Å². The highest BCUT2D eigenvalue weighted by atomic mass is 16.3. The third kappa shape index (κ3) is 4.88. The van der Waals surface area contributed by atoms with E-state index >= 15 is 0 Å². The SMILES string of the molecule is CCCCC[C@H](O)C=C[C@H]1[C@H](O)CC(=O)[C@@H]1CC=O. The van der Waals surface area contributed by atoms with Crippen LogP contribution < -0.4 is 0 Å². The Bertz CT molecular complexity index is 324. The van der Waals surface area contributed by atoms with Gasteiger partial charge in [-0.2, -0.15) is 0 Å². The normalized spacial score (nSPS) is 29.0. The lowest BCUT2D eigenvalue weighted by Gasteiger charge is -2.15. The summed E-state index contributed by atoms with van der Waals surface area (Å²) >= 11 is 0. The van der Waals surface area contributed by atoms with E-state index in [2.05, 4.69) is 6.92 Å². The van der Waals surface area contributed by atoms with Gasteiger partial charge >= 0.3 is 0 Å². The number of hydrogen-bond donors (Lipinski definition) is 2. The summed E-state index contributed by atoms with van der Waals surface area (Å²) < 4.78 is 0. The van der Waals surface area contributed by atoms with E-state index in [-0.39, 0.29) is 24.5 Å². The van der Waals surface area contributed by atoms with Crippen LogP contribution in [0.1, 0.15) is 45.4 Å². The number of aliphatic hydroxyl groups excluding tert-OH is 2. The number of ketones is 1. The van der Waals surface area contributed by atoms with Crippen molar-refractivity contribution in [2.75, 3.05) is 0 Å². The van der Waals surface area contributed by atoms with Crippen molar-refractivity contribution < 1.29 is 19.8 Å². The second-order valence-electron chi connectivity index (χ2n) is 5.27. The number of hydrogen-bond acceptors (Lipinski definition) is 4. The van der Waals surface area contributed by atoms with Gasteiger partial charge in [0.2, 0.25) is 0 Å². The summed E-state index contributed by atoms with van der Waals surface area (Å²) in [6.45, 7) is 2.10. The molecule has 0 unspecified atom stereocenters. The molecule has 1 aliphatic rings. The van der Waals surface area contributed by atoms with E-state index in [9.17, 15) is 19.8 Å². The zero-order valence-electron chi connectivity index (χ0n) is 11.5. The van der Waals surface area contributed by atoms with Gasteiger partial charge in [0.15, 0.2) is 0 Å². The van der Waals surface area contributed by atoms with Crippen molar-refractivity contribution in [3.8, 4) is 0 Å². The molecule has 0 bridgehead atoms. The fourth-order valence-electron chi connectivity index (χ4n) is 2.59. The number of unbranched alkanes of at least 4 members (excludes halogenated alkanes) is 2. The first kappa shape index (κ1) is 16.1. The van der Waals surface area contributed by atoms with Gasteiger partial charge in [0.1, 0.15) is 12.1 Å². The van der Waals surface area contributed by atoms with Crippen LogP contribution in [0.4, 0.5) is 0 Å². The van der Waals surface area contributed by atoms with Crippen LogP contribution in [0, 0.1) is 11.8 Å². The van der Waals surface area contributed by atoms with Crippen molar-refractivity contribution in [1.29, 1.82) is 0 Å². The van der Waals surface area contributed by atoms with E-state index in [0.29, 0.717) is 6.42 Å². The second kappa shape index (κ2) is 8.23. The van der Waals surface area contributed by atoms with Crippen LogP contribution in [0.25, 0.3) is 0 Å². The highest BCUT2D eigenvalue weighted by Gasteiger charge is 2.39. The van der Waals surface area contributed by atoms with Gasteiger partial charge in [-0.15, -0.1) is 0 Å². The summed E-state index contributed by atoms with van der Waals surface area (Å²) in [6, 6.07) is 0. The highest BCUT2D eigenvalue weighted by molar-refractivity contribution is 5.86. The van der Waals surface area contributed by atoms with Crippen LogP contribution >= 0.6 is 0 Å². The van der Waals surface area contributed by atoms with E-state index in [0.717, 1.165) is 25.5 Å². The Morgan fingerprint density at radius 1 is 1.42 bits per heavy atom. The molecule has 1 fully saturated rings. The van der Waals surface area contributed by atoms with E-state index in [4.69, 9.17) is 0 Å². The zero-order chi connectivity index (χ0) is 14.3. The lowest BCUT2D eigenvalue weighted by Crippen LogP contribution is -2.19. The maximum atomic E-state index is 11.6. The molecule has 4 atom stereocenters. The molecule has 19 heavy (non-hydrogen) atoms. The molecular weight excluding hydrogens is 244 g/mol. The van der Waals surface area contributed by atoms with Crippen LogP contribution in [-0.2, 0) is 9.59 Å². The fraction of sp³-hybridized carbons (Fsp3) is 0.733. The third-order valence-corrected chi connectivity index (χ3v) is 3.74. The average Bonchev–Trinajstić information content (AvgIpc) is 2.63. The molecule has 0 spiro atoms. The van der Waals surface area contributed by atoms with E-state index < -0.39 is 18.1 Å². The monoisotopic (exact) mass is 268 g/mol. The number of aldehydes is 1. The van der Waals surface area contributed by atoms with Gasteiger partial charge in [0.05, 0.1) is 12.2 Å². The van der Waals surface area contributed by atoms with E-state index in [1.54, 1.807) is 12.2 Å². The molecular formula is C15H24O4. The lowest BCUT2D eigenvalue weighted by molar-refractivity contribution is -0.123.